The van der Waals surface area contributed by atoms with Gasteiger partial charge in [0.1, 0.15) is 0 Å². The van der Waals surface area contributed by atoms with E-state index in [4.69, 9.17) is 15.7 Å². The van der Waals surface area contributed by atoms with Crippen LogP contribution in [0.25, 0.3) is 0 Å². The Hall–Kier alpha value is -0.810. The highest BCUT2D eigenvalue weighted by Gasteiger charge is 2.20. The highest BCUT2D eigenvalue weighted by atomic mass is 16.5. The summed E-state index contributed by atoms with van der Waals surface area (Å²) in [6.45, 7) is 3.35. The van der Waals surface area contributed by atoms with Gasteiger partial charge in [-0.2, -0.15) is 0 Å². The smallest absolute Gasteiger partial charge is 0.153 e. The number of rotatable bonds is 4. The molecule has 0 spiro atoms. The van der Waals surface area contributed by atoms with Gasteiger partial charge in [0, 0.05) is 13.7 Å². The van der Waals surface area contributed by atoms with E-state index in [1.54, 1.807) is 7.11 Å². The number of nitrogens with two attached hydrogens (primary N) is 1. The van der Waals surface area contributed by atoms with Crippen molar-refractivity contribution in [3.8, 4) is 0 Å². The summed E-state index contributed by atoms with van der Waals surface area (Å²) in [5.41, 5.74) is 5.45. The van der Waals surface area contributed by atoms with E-state index in [9.17, 15) is 0 Å². The van der Waals surface area contributed by atoms with E-state index < -0.39 is 0 Å². The second kappa shape index (κ2) is 5.82. The molecule has 0 radical (unpaired) electrons. The topological polar surface area (TPSA) is 71.1 Å². The molecule has 1 aliphatic heterocycles. The molecular weight excluding hydrogens is 182 g/mol. The first-order valence-corrected chi connectivity index (χ1v) is 4.94. The maximum atomic E-state index is 8.45. The zero-order valence-electron chi connectivity index (χ0n) is 8.65. The van der Waals surface area contributed by atoms with Crippen LogP contribution in [-0.2, 0) is 4.74 Å². The lowest BCUT2D eigenvalue weighted by Crippen LogP contribution is -2.41. The van der Waals surface area contributed by atoms with Crippen LogP contribution in [0.15, 0.2) is 5.16 Å². The summed E-state index contributed by atoms with van der Waals surface area (Å²) in [7, 11) is 1.72. The van der Waals surface area contributed by atoms with Crippen molar-refractivity contribution in [1.29, 1.82) is 0 Å². The first kappa shape index (κ1) is 11.3. The van der Waals surface area contributed by atoms with Crippen LogP contribution >= 0.6 is 0 Å². The zero-order chi connectivity index (χ0) is 10.4. The van der Waals surface area contributed by atoms with E-state index in [-0.39, 0.29) is 5.84 Å². The Bertz CT molecular complexity index is 194. The molecule has 0 aromatic carbocycles. The van der Waals surface area contributed by atoms with Gasteiger partial charge in [-0.15, -0.1) is 0 Å². The van der Waals surface area contributed by atoms with Crippen molar-refractivity contribution in [3.63, 3.8) is 0 Å². The van der Waals surface area contributed by atoms with Crippen molar-refractivity contribution in [1.82, 2.24) is 4.90 Å². The Kier molecular flexibility index (Phi) is 4.69. The number of amidine groups is 1. The molecule has 82 valence electrons. The number of ether oxygens (including phenoxy) is 1. The van der Waals surface area contributed by atoms with Gasteiger partial charge in [-0.1, -0.05) is 5.16 Å². The minimum Gasteiger partial charge on any atom is -0.409 e. The van der Waals surface area contributed by atoms with Gasteiger partial charge in [-0.3, -0.25) is 4.90 Å². The lowest BCUT2D eigenvalue weighted by molar-refractivity contribution is 0.0972. The first-order chi connectivity index (χ1) is 6.76. The number of hydrogen-bond acceptors (Lipinski definition) is 4. The molecule has 1 saturated heterocycles. The van der Waals surface area contributed by atoms with Gasteiger partial charge in [0.2, 0.25) is 0 Å². The van der Waals surface area contributed by atoms with Crippen molar-refractivity contribution >= 4 is 5.84 Å². The predicted octanol–water partition coefficient (Wildman–Crippen LogP) is 0.0912. The van der Waals surface area contributed by atoms with Crippen molar-refractivity contribution in [2.24, 2.45) is 16.8 Å². The number of methoxy groups -OCH3 is 1. The van der Waals surface area contributed by atoms with Gasteiger partial charge in [-0.05, 0) is 25.3 Å². The first-order valence-electron chi connectivity index (χ1n) is 4.94. The largest absolute Gasteiger partial charge is 0.409 e. The normalized spacial score (nSPS) is 25.2. The third-order valence-corrected chi connectivity index (χ3v) is 2.52. The maximum Gasteiger partial charge on any atom is 0.153 e. The van der Waals surface area contributed by atoms with Gasteiger partial charge >= 0.3 is 0 Å². The molecule has 14 heavy (non-hydrogen) atoms. The number of likely N-dealkylation sites (tertiary alicyclic amines) is 1. The molecule has 0 aliphatic carbocycles. The van der Waals surface area contributed by atoms with Crippen molar-refractivity contribution < 1.29 is 9.94 Å². The molecule has 1 heterocycles. The summed E-state index contributed by atoms with van der Waals surface area (Å²) in [4.78, 5) is 2.20. The second-order valence-corrected chi connectivity index (χ2v) is 3.79. The summed E-state index contributed by atoms with van der Waals surface area (Å²) in [5.74, 6) is 0.864. The van der Waals surface area contributed by atoms with Crippen LogP contribution in [0, 0.1) is 5.92 Å². The second-order valence-electron chi connectivity index (χ2n) is 3.79. The molecule has 1 rings (SSSR count). The molecule has 1 aliphatic rings. The molecule has 0 bridgehead atoms. The Morgan fingerprint density at radius 2 is 2.50 bits per heavy atom. The molecule has 0 aromatic rings. The van der Waals surface area contributed by atoms with Crippen LogP contribution in [0.2, 0.25) is 0 Å². The Morgan fingerprint density at radius 3 is 3.14 bits per heavy atom. The van der Waals surface area contributed by atoms with Crippen LogP contribution in [-0.4, -0.2) is 49.3 Å². The van der Waals surface area contributed by atoms with E-state index in [1.807, 2.05) is 0 Å². The lowest BCUT2D eigenvalue weighted by Gasteiger charge is -2.31. The lowest BCUT2D eigenvalue weighted by atomic mass is 9.99. The fraction of sp³-hybridized carbons (Fsp3) is 0.889. The molecular formula is C9H19N3O2. The Balaban J connectivity index is 2.32. The molecule has 0 aromatic heterocycles. The zero-order valence-corrected chi connectivity index (χ0v) is 8.65. The summed E-state index contributed by atoms with van der Waals surface area (Å²) in [6, 6.07) is 0. The van der Waals surface area contributed by atoms with Crippen molar-refractivity contribution in [3.05, 3.63) is 0 Å². The van der Waals surface area contributed by atoms with Crippen molar-refractivity contribution in [2.45, 2.75) is 12.8 Å². The molecule has 1 atom stereocenters. The minimum atomic E-state index is 0.281. The van der Waals surface area contributed by atoms with Gasteiger partial charge in [0.05, 0.1) is 13.2 Å². The third kappa shape index (κ3) is 3.51. The Labute approximate surface area is 84.5 Å². The molecule has 5 heteroatoms. The summed E-state index contributed by atoms with van der Waals surface area (Å²) in [6.07, 6.45) is 2.37. The molecule has 1 fully saturated rings. The molecule has 3 N–H and O–H groups in total. The van der Waals surface area contributed by atoms with Gasteiger partial charge in [-0.25, -0.2) is 0 Å². The minimum absolute atomic E-state index is 0.281. The monoisotopic (exact) mass is 201 g/mol. The average Bonchev–Trinajstić information content (AvgIpc) is 2.19. The Morgan fingerprint density at radius 1 is 1.71 bits per heavy atom. The van der Waals surface area contributed by atoms with E-state index in [1.165, 1.54) is 6.42 Å². The third-order valence-electron chi connectivity index (χ3n) is 2.52. The van der Waals surface area contributed by atoms with Crippen molar-refractivity contribution in [2.75, 3.05) is 33.4 Å². The van der Waals surface area contributed by atoms with Crippen LogP contribution in [0.1, 0.15) is 12.8 Å². The van der Waals surface area contributed by atoms with E-state index in [0.717, 1.165) is 26.1 Å². The van der Waals surface area contributed by atoms with E-state index >= 15 is 0 Å². The fourth-order valence-electron chi connectivity index (χ4n) is 1.93. The highest BCUT2D eigenvalue weighted by Crippen LogP contribution is 2.15. The summed E-state index contributed by atoms with van der Waals surface area (Å²) < 4.78 is 5.12. The van der Waals surface area contributed by atoms with Crippen LogP contribution in [0.3, 0.4) is 0 Å². The summed E-state index contributed by atoms with van der Waals surface area (Å²) in [5, 5.41) is 11.4. The van der Waals surface area contributed by atoms with Crippen LogP contribution < -0.4 is 5.73 Å². The molecule has 1 unspecified atom stereocenters. The van der Waals surface area contributed by atoms with E-state index in [2.05, 4.69) is 10.1 Å². The molecule has 0 amide bonds. The number of nitrogens with zero attached hydrogens (tertiary/aromatic N) is 2. The average molecular weight is 201 g/mol. The van der Waals surface area contributed by atoms with Crippen LogP contribution in [0.5, 0.6) is 0 Å². The SMILES string of the molecule is COCC1CCCN(CC(N)=NO)C1. The predicted molar refractivity (Wildman–Crippen MR) is 54.4 cm³/mol. The number of hydrogen-bond donors (Lipinski definition) is 2. The van der Waals surface area contributed by atoms with E-state index in [0.29, 0.717) is 12.5 Å². The van der Waals surface area contributed by atoms with Crippen LogP contribution in [0.4, 0.5) is 0 Å². The summed E-state index contributed by atoms with van der Waals surface area (Å²) >= 11 is 0. The highest BCUT2D eigenvalue weighted by molar-refractivity contribution is 5.81. The molecule has 5 nitrogen and oxygen atoms in total. The standard InChI is InChI=1S/C9H19N3O2/c1-14-7-8-3-2-4-12(5-8)6-9(10)11-13/h8,13H,2-7H2,1H3,(H2,10,11). The maximum absolute atomic E-state index is 8.45. The van der Waals surface area contributed by atoms with Gasteiger partial charge in [0.25, 0.3) is 0 Å². The van der Waals surface area contributed by atoms with Gasteiger partial charge < -0.3 is 15.7 Å². The number of piperidine rings is 1. The molecule has 0 saturated carbocycles. The quantitative estimate of drug-likeness (QED) is 0.293. The fourth-order valence-corrected chi connectivity index (χ4v) is 1.93. The van der Waals surface area contributed by atoms with Gasteiger partial charge in [0.15, 0.2) is 5.84 Å². The number of oxime groups is 1.